The molecular weight excluding hydrogens is 442 g/mol. The number of benzene rings is 2. The SMILES string of the molecule is COc1ccc(Cc2nn3c(=O)/c(=C/c4ccc(Br)cc4)sc3nc2=O)cc1. The van der Waals surface area contributed by atoms with Crippen LogP contribution < -0.4 is 20.4 Å². The van der Waals surface area contributed by atoms with Gasteiger partial charge in [0.1, 0.15) is 11.4 Å². The highest BCUT2D eigenvalue weighted by atomic mass is 79.9. The maximum atomic E-state index is 12.7. The molecule has 8 heteroatoms. The maximum Gasteiger partial charge on any atom is 0.296 e. The van der Waals surface area contributed by atoms with Gasteiger partial charge < -0.3 is 4.74 Å². The summed E-state index contributed by atoms with van der Waals surface area (Å²) in [6, 6.07) is 14.9. The van der Waals surface area contributed by atoms with E-state index in [0.717, 1.165) is 32.7 Å². The van der Waals surface area contributed by atoms with E-state index in [0.29, 0.717) is 11.0 Å². The van der Waals surface area contributed by atoms with Gasteiger partial charge in [0.25, 0.3) is 11.1 Å². The fourth-order valence-corrected chi connectivity index (χ4v) is 3.87. The summed E-state index contributed by atoms with van der Waals surface area (Å²) >= 11 is 4.54. The minimum atomic E-state index is -0.424. The molecule has 0 spiro atoms. The average Bonchev–Trinajstić information content (AvgIpc) is 2.99. The molecule has 6 nitrogen and oxygen atoms in total. The number of hydrogen-bond acceptors (Lipinski definition) is 6. The summed E-state index contributed by atoms with van der Waals surface area (Å²) in [5.41, 5.74) is 1.29. The number of thiazole rings is 1. The van der Waals surface area contributed by atoms with Crippen LogP contribution in [-0.4, -0.2) is 21.7 Å². The Bertz CT molecular complexity index is 1310. The van der Waals surface area contributed by atoms with Gasteiger partial charge in [-0.2, -0.15) is 14.6 Å². The van der Waals surface area contributed by atoms with Gasteiger partial charge in [-0.3, -0.25) is 9.59 Å². The first-order chi connectivity index (χ1) is 13.5. The molecule has 0 bridgehead atoms. The molecule has 140 valence electrons. The monoisotopic (exact) mass is 455 g/mol. The Morgan fingerprint density at radius 1 is 1.11 bits per heavy atom. The molecule has 2 aromatic heterocycles. The molecule has 0 saturated heterocycles. The van der Waals surface area contributed by atoms with E-state index in [2.05, 4.69) is 26.0 Å². The Hall–Kier alpha value is -2.84. The van der Waals surface area contributed by atoms with Crippen molar-refractivity contribution in [1.82, 2.24) is 14.6 Å². The fraction of sp³-hybridized carbons (Fsp3) is 0.100. The van der Waals surface area contributed by atoms with Crippen molar-refractivity contribution in [2.45, 2.75) is 6.42 Å². The number of halogens is 1. The van der Waals surface area contributed by atoms with E-state index in [1.807, 2.05) is 48.5 Å². The molecule has 2 aromatic carbocycles. The Morgan fingerprint density at radius 3 is 2.50 bits per heavy atom. The molecule has 4 rings (SSSR count). The Balaban J connectivity index is 1.75. The first-order valence-corrected chi connectivity index (χ1v) is 9.97. The fourth-order valence-electron chi connectivity index (χ4n) is 2.70. The summed E-state index contributed by atoms with van der Waals surface area (Å²) in [6.07, 6.45) is 2.06. The second-order valence-corrected chi connectivity index (χ2v) is 7.98. The first kappa shape index (κ1) is 18.5. The molecule has 0 aliphatic rings. The third-order valence-corrected chi connectivity index (χ3v) is 5.64. The number of methoxy groups -OCH3 is 1. The van der Waals surface area contributed by atoms with Crippen molar-refractivity contribution in [3.05, 3.63) is 95.1 Å². The van der Waals surface area contributed by atoms with Crippen LogP contribution in [0.4, 0.5) is 0 Å². The number of ether oxygens (including phenoxy) is 1. The van der Waals surface area contributed by atoms with Crippen molar-refractivity contribution < 1.29 is 4.74 Å². The predicted octanol–water partition coefficient (Wildman–Crippen LogP) is 2.42. The topological polar surface area (TPSA) is 73.6 Å². The van der Waals surface area contributed by atoms with Crippen molar-refractivity contribution in [3.63, 3.8) is 0 Å². The van der Waals surface area contributed by atoms with Crippen LogP contribution in [0.3, 0.4) is 0 Å². The minimum absolute atomic E-state index is 0.229. The predicted molar refractivity (Wildman–Crippen MR) is 112 cm³/mol. The average molecular weight is 456 g/mol. The Kier molecular flexibility index (Phi) is 5.06. The second-order valence-electron chi connectivity index (χ2n) is 6.05. The van der Waals surface area contributed by atoms with E-state index in [1.54, 1.807) is 13.2 Å². The quantitative estimate of drug-likeness (QED) is 0.472. The van der Waals surface area contributed by atoms with Gasteiger partial charge in [-0.05, 0) is 41.5 Å². The molecule has 0 amide bonds. The summed E-state index contributed by atoms with van der Waals surface area (Å²) in [4.78, 5) is 29.4. The van der Waals surface area contributed by atoms with Crippen LogP contribution in [0, 0.1) is 0 Å². The highest BCUT2D eigenvalue weighted by molar-refractivity contribution is 9.10. The van der Waals surface area contributed by atoms with Crippen molar-refractivity contribution in [1.29, 1.82) is 0 Å². The molecule has 0 saturated carbocycles. The van der Waals surface area contributed by atoms with Crippen molar-refractivity contribution in [2.75, 3.05) is 7.11 Å². The number of nitrogens with zero attached hydrogens (tertiary/aromatic N) is 3. The summed E-state index contributed by atoms with van der Waals surface area (Å²) in [5.74, 6) is 0.731. The van der Waals surface area contributed by atoms with Gasteiger partial charge in [0.05, 0.1) is 11.6 Å². The zero-order valence-corrected chi connectivity index (χ0v) is 17.2. The van der Waals surface area contributed by atoms with Crippen LogP contribution in [-0.2, 0) is 6.42 Å². The lowest BCUT2D eigenvalue weighted by Crippen LogP contribution is -2.28. The molecule has 4 aromatic rings. The van der Waals surface area contributed by atoms with Crippen molar-refractivity contribution >= 4 is 38.3 Å². The smallest absolute Gasteiger partial charge is 0.296 e. The van der Waals surface area contributed by atoms with Crippen LogP contribution in [0.2, 0.25) is 0 Å². The van der Waals surface area contributed by atoms with Gasteiger partial charge in [-0.25, -0.2) is 0 Å². The number of aromatic nitrogens is 3. The molecule has 0 N–H and O–H groups in total. The molecule has 0 aliphatic heterocycles. The van der Waals surface area contributed by atoms with Crippen molar-refractivity contribution in [2.24, 2.45) is 0 Å². The van der Waals surface area contributed by atoms with Crippen LogP contribution in [0.25, 0.3) is 11.0 Å². The van der Waals surface area contributed by atoms with E-state index in [9.17, 15) is 9.59 Å². The van der Waals surface area contributed by atoms with Gasteiger partial charge in [-0.15, -0.1) is 0 Å². The number of hydrogen-bond donors (Lipinski definition) is 0. The summed E-state index contributed by atoms with van der Waals surface area (Å²) in [5, 5.41) is 4.27. The van der Waals surface area contributed by atoms with E-state index in [1.165, 1.54) is 4.52 Å². The van der Waals surface area contributed by atoms with E-state index >= 15 is 0 Å². The van der Waals surface area contributed by atoms with Gasteiger partial charge >= 0.3 is 0 Å². The van der Waals surface area contributed by atoms with Crippen LogP contribution in [0.1, 0.15) is 16.8 Å². The molecular formula is C20H14BrN3O3S. The molecule has 0 unspecified atom stereocenters. The van der Waals surface area contributed by atoms with Crippen LogP contribution in [0.5, 0.6) is 5.75 Å². The van der Waals surface area contributed by atoms with Crippen LogP contribution in [0.15, 0.2) is 62.6 Å². The largest absolute Gasteiger partial charge is 0.497 e. The molecule has 2 heterocycles. The molecule has 0 atom stereocenters. The number of rotatable bonds is 4. The maximum absolute atomic E-state index is 12.7. The minimum Gasteiger partial charge on any atom is -0.497 e. The molecule has 28 heavy (non-hydrogen) atoms. The van der Waals surface area contributed by atoms with E-state index in [4.69, 9.17) is 4.74 Å². The second kappa shape index (κ2) is 7.65. The lowest BCUT2D eigenvalue weighted by Gasteiger charge is -2.02. The zero-order chi connectivity index (χ0) is 19.7. The van der Waals surface area contributed by atoms with Crippen LogP contribution >= 0.6 is 27.3 Å². The van der Waals surface area contributed by atoms with Gasteiger partial charge in [-0.1, -0.05) is 51.5 Å². The Morgan fingerprint density at radius 2 is 1.82 bits per heavy atom. The number of fused-ring (bicyclic) bond motifs is 1. The summed E-state index contributed by atoms with van der Waals surface area (Å²) in [6.45, 7) is 0. The zero-order valence-electron chi connectivity index (χ0n) is 14.8. The van der Waals surface area contributed by atoms with Crippen molar-refractivity contribution in [3.8, 4) is 5.75 Å². The molecule has 0 aliphatic carbocycles. The normalized spacial score (nSPS) is 11.9. The van der Waals surface area contributed by atoms with Gasteiger partial charge in [0.15, 0.2) is 0 Å². The summed E-state index contributed by atoms with van der Waals surface area (Å²) < 4.78 is 7.77. The highest BCUT2D eigenvalue weighted by Crippen LogP contribution is 2.13. The summed E-state index contributed by atoms with van der Waals surface area (Å²) in [7, 11) is 1.59. The molecule has 0 fully saturated rings. The lowest BCUT2D eigenvalue weighted by atomic mass is 10.1. The van der Waals surface area contributed by atoms with E-state index in [-0.39, 0.29) is 16.2 Å². The highest BCUT2D eigenvalue weighted by Gasteiger charge is 2.12. The Labute approximate surface area is 171 Å². The van der Waals surface area contributed by atoms with E-state index < -0.39 is 5.56 Å². The standard InChI is InChI=1S/C20H14BrN3O3S/c1-27-15-8-4-12(5-9-15)10-16-18(25)22-20-24(23-16)19(26)17(28-20)11-13-2-6-14(21)7-3-13/h2-9,11H,10H2,1H3/b17-11-. The van der Waals surface area contributed by atoms with Gasteiger partial charge in [0.2, 0.25) is 4.96 Å². The third-order valence-electron chi connectivity index (χ3n) is 4.15. The first-order valence-electron chi connectivity index (χ1n) is 8.36. The lowest BCUT2D eigenvalue weighted by molar-refractivity contribution is 0.414. The third kappa shape index (κ3) is 3.74. The molecule has 0 radical (unpaired) electrons. The van der Waals surface area contributed by atoms with Gasteiger partial charge in [0, 0.05) is 10.9 Å².